The molecule has 17 heavy (non-hydrogen) atoms. The summed E-state index contributed by atoms with van der Waals surface area (Å²) in [6.07, 6.45) is 4.46. The molecule has 0 bridgehead atoms. The lowest BCUT2D eigenvalue weighted by Gasteiger charge is -2.13. The Morgan fingerprint density at radius 1 is 1.24 bits per heavy atom. The van der Waals surface area contributed by atoms with E-state index in [0.717, 1.165) is 12.2 Å². The average Bonchev–Trinajstić information content (AvgIpc) is 2.39. The normalized spacial score (nSPS) is 14.8. The Labute approximate surface area is 101 Å². The number of allylic oxidation sites excluding steroid dienone is 4. The van der Waals surface area contributed by atoms with Gasteiger partial charge in [-0.15, -0.1) is 0 Å². The molecule has 0 fully saturated rings. The largest absolute Gasteiger partial charge is 0.384 e. The van der Waals surface area contributed by atoms with Gasteiger partial charge in [0.15, 0.2) is 0 Å². The zero-order valence-corrected chi connectivity index (χ0v) is 9.85. The Morgan fingerprint density at radius 3 is 2.71 bits per heavy atom. The Balaban J connectivity index is 2.04. The molecule has 0 saturated heterocycles. The molecule has 1 aromatic rings. The predicted octanol–water partition coefficient (Wildman–Crippen LogP) is 2.68. The summed E-state index contributed by atoms with van der Waals surface area (Å²) in [4.78, 5) is 3.24. The zero-order chi connectivity index (χ0) is 12.1. The fourth-order valence-corrected chi connectivity index (χ4v) is 1.78. The van der Waals surface area contributed by atoms with E-state index in [1.54, 1.807) is 0 Å². The van der Waals surface area contributed by atoms with Gasteiger partial charge in [0.1, 0.15) is 0 Å². The molecule has 3 heteroatoms. The maximum atomic E-state index is 8.77. The number of nitrogens with zero attached hydrogens (tertiary/aromatic N) is 2. The standard InChI is InChI=1S/C14H15N3/c1-11-7-8-13(17-15)9-14(11)16-10-12-5-3-2-4-6-12/h2-8,16H,9-10H2,1H3. The molecule has 1 aliphatic rings. The summed E-state index contributed by atoms with van der Waals surface area (Å²) in [6, 6.07) is 10.2. The van der Waals surface area contributed by atoms with Gasteiger partial charge in [-0.05, 0) is 18.1 Å². The van der Waals surface area contributed by atoms with Crippen LogP contribution in [0.25, 0.3) is 5.53 Å². The number of rotatable bonds is 3. The van der Waals surface area contributed by atoms with Crippen LogP contribution in [0.3, 0.4) is 0 Å². The van der Waals surface area contributed by atoms with E-state index in [1.165, 1.54) is 11.1 Å². The van der Waals surface area contributed by atoms with Gasteiger partial charge in [0.2, 0.25) is 0 Å². The Hall–Kier alpha value is -2.12. The van der Waals surface area contributed by atoms with Gasteiger partial charge in [0, 0.05) is 18.3 Å². The first-order valence-corrected chi connectivity index (χ1v) is 5.66. The number of hydrogen-bond donors (Lipinski definition) is 1. The molecular formula is C14H15N3. The van der Waals surface area contributed by atoms with Crippen molar-refractivity contribution in [1.29, 1.82) is 0 Å². The summed E-state index contributed by atoms with van der Waals surface area (Å²) in [5, 5.41) is 3.39. The third-order valence-corrected chi connectivity index (χ3v) is 2.84. The van der Waals surface area contributed by atoms with Crippen molar-refractivity contribution in [1.82, 2.24) is 5.32 Å². The smallest absolute Gasteiger partial charge is 0.297 e. The molecule has 2 rings (SSSR count). The van der Waals surface area contributed by atoms with Crippen molar-refractivity contribution in [3.05, 3.63) is 64.8 Å². The minimum Gasteiger partial charge on any atom is -0.384 e. The van der Waals surface area contributed by atoms with E-state index in [2.05, 4.69) is 29.2 Å². The predicted molar refractivity (Wildman–Crippen MR) is 68.4 cm³/mol. The van der Waals surface area contributed by atoms with E-state index in [4.69, 9.17) is 5.53 Å². The number of benzene rings is 1. The molecule has 0 spiro atoms. The van der Waals surface area contributed by atoms with E-state index in [9.17, 15) is 0 Å². The van der Waals surface area contributed by atoms with Crippen molar-refractivity contribution in [2.75, 3.05) is 0 Å². The van der Waals surface area contributed by atoms with Crippen molar-refractivity contribution in [2.45, 2.75) is 19.9 Å². The van der Waals surface area contributed by atoms with Crippen LogP contribution in [0.15, 0.2) is 53.8 Å². The van der Waals surface area contributed by atoms with E-state index in [1.807, 2.05) is 30.4 Å². The van der Waals surface area contributed by atoms with E-state index < -0.39 is 0 Å². The van der Waals surface area contributed by atoms with Crippen LogP contribution < -0.4 is 5.32 Å². The third kappa shape index (κ3) is 2.92. The van der Waals surface area contributed by atoms with Crippen LogP contribution in [0.5, 0.6) is 0 Å². The second-order valence-electron chi connectivity index (χ2n) is 4.10. The molecule has 1 aromatic carbocycles. The van der Waals surface area contributed by atoms with E-state index >= 15 is 0 Å². The summed E-state index contributed by atoms with van der Waals surface area (Å²) in [7, 11) is 0. The molecule has 86 valence electrons. The number of hydrogen-bond acceptors (Lipinski definition) is 1. The lowest BCUT2D eigenvalue weighted by molar-refractivity contribution is -0.00576. The van der Waals surface area contributed by atoms with Crippen molar-refractivity contribution >= 4 is 5.71 Å². The molecule has 1 aliphatic carbocycles. The first-order chi connectivity index (χ1) is 8.29. The minimum atomic E-state index is 0.658. The lowest BCUT2D eigenvalue weighted by Crippen LogP contribution is -2.19. The molecule has 3 nitrogen and oxygen atoms in total. The first-order valence-electron chi connectivity index (χ1n) is 5.66. The van der Waals surface area contributed by atoms with Crippen LogP contribution in [-0.4, -0.2) is 10.5 Å². The topological polar surface area (TPSA) is 48.4 Å². The summed E-state index contributed by atoms with van der Waals surface area (Å²) in [6.45, 7) is 2.85. The fraction of sp³-hybridized carbons (Fsp3) is 0.214. The molecule has 0 heterocycles. The van der Waals surface area contributed by atoms with Crippen molar-refractivity contribution < 1.29 is 4.79 Å². The van der Waals surface area contributed by atoms with Gasteiger partial charge in [-0.3, -0.25) is 0 Å². The fourth-order valence-electron chi connectivity index (χ4n) is 1.78. The maximum absolute atomic E-state index is 8.77. The van der Waals surface area contributed by atoms with Crippen LogP contribution in [0.1, 0.15) is 18.9 Å². The quantitative estimate of drug-likeness (QED) is 0.624. The SMILES string of the molecule is CC1=C(NCc2ccccc2)CC(=[N+]=[N-])C=C1. The maximum Gasteiger partial charge on any atom is 0.297 e. The monoisotopic (exact) mass is 225 g/mol. The summed E-state index contributed by atoms with van der Waals surface area (Å²) in [5.74, 6) is 0. The Morgan fingerprint density at radius 2 is 2.00 bits per heavy atom. The Kier molecular flexibility index (Phi) is 3.53. The molecule has 1 N–H and O–H groups in total. The zero-order valence-electron chi connectivity index (χ0n) is 9.85. The minimum absolute atomic E-state index is 0.658. The van der Waals surface area contributed by atoms with Crippen molar-refractivity contribution in [2.24, 2.45) is 0 Å². The lowest BCUT2D eigenvalue weighted by atomic mass is 10.0. The Bertz CT molecular complexity index is 506. The highest BCUT2D eigenvalue weighted by molar-refractivity contribution is 5.93. The van der Waals surface area contributed by atoms with Crippen molar-refractivity contribution in [3.8, 4) is 0 Å². The molecule has 0 aliphatic heterocycles. The van der Waals surface area contributed by atoms with Crippen LogP contribution in [0.4, 0.5) is 0 Å². The average molecular weight is 225 g/mol. The van der Waals surface area contributed by atoms with Crippen LogP contribution in [0.2, 0.25) is 0 Å². The molecular weight excluding hydrogens is 210 g/mol. The summed E-state index contributed by atoms with van der Waals surface area (Å²) >= 11 is 0. The third-order valence-electron chi connectivity index (χ3n) is 2.84. The van der Waals surface area contributed by atoms with Crippen LogP contribution >= 0.6 is 0 Å². The van der Waals surface area contributed by atoms with Gasteiger partial charge in [0.25, 0.3) is 5.71 Å². The second-order valence-corrected chi connectivity index (χ2v) is 4.10. The van der Waals surface area contributed by atoms with E-state index in [0.29, 0.717) is 12.1 Å². The first kappa shape index (κ1) is 11.4. The highest BCUT2D eigenvalue weighted by atomic mass is 14.9. The highest BCUT2D eigenvalue weighted by Gasteiger charge is 2.14. The van der Waals surface area contributed by atoms with Crippen LogP contribution in [0, 0.1) is 0 Å². The second kappa shape index (κ2) is 5.28. The van der Waals surface area contributed by atoms with Gasteiger partial charge in [-0.25, -0.2) is 0 Å². The summed E-state index contributed by atoms with van der Waals surface area (Å²) in [5.41, 5.74) is 13.0. The van der Waals surface area contributed by atoms with Gasteiger partial charge in [-0.2, -0.15) is 4.79 Å². The van der Waals surface area contributed by atoms with Gasteiger partial charge >= 0.3 is 0 Å². The van der Waals surface area contributed by atoms with Crippen LogP contribution in [-0.2, 0) is 6.54 Å². The molecule has 0 amide bonds. The number of nitrogens with one attached hydrogen (secondary N) is 1. The van der Waals surface area contributed by atoms with Gasteiger partial charge < -0.3 is 10.8 Å². The molecule has 0 atom stereocenters. The molecule has 0 radical (unpaired) electrons. The molecule has 0 aromatic heterocycles. The molecule has 0 unspecified atom stereocenters. The van der Waals surface area contributed by atoms with E-state index in [-0.39, 0.29) is 0 Å². The van der Waals surface area contributed by atoms with Gasteiger partial charge in [0.05, 0.1) is 6.42 Å². The summed E-state index contributed by atoms with van der Waals surface area (Å²) < 4.78 is 0. The molecule has 0 saturated carbocycles. The van der Waals surface area contributed by atoms with Gasteiger partial charge in [-0.1, -0.05) is 36.4 Å². The van der Waals surface area contributed by atoms with Crippen molar-refractivity contribution in [3.63, 3.8) is 0 Å². The highest BCUT2D eigenvalue weighted by Crippen LogP contribution is 2.14.